The van der Waals surface area contributed by atoms with Gasteiger partial charge in [0.25, 0.3) is 0 Å². The predicted octanol–water partition coefficient (Wildman–Crippen LogP) is 3.46. The lowest BCUT2D eigenvalue weighted by Gasteiger charge is -2.05. The molecule has 0 spiro atoms. The number of hydrogen-bond acceptors (Lipinski definition) is 3. The average Bonchev–Trinajstić information content (AvgIpc) is 2.29. The van der Waals surface area contributed by atoms with Gasteiger partial charge < -0.3 is 4.74 Å². The number of amides is 1. The topological polar surface area (TPSA) is 50.7 Å². The monoisotopic (exact) mass is 274 g/mol. The molecule has 1 aromatic carbocycles. The van der Waals surface area contributed by atoms with E-state index in [1.165, 1.54) is 0 Å². The number of rotatable bonds is 3. The maximum absolute atomic E-state index is 11.0. The first-order valence-corrected chi connectivity index (χ1v) is 5.72. The highest BCUT2D eigenvalue weighted by Gasteiger charge is 2.06. The maximum atomic E-state index is 11.0. The van der Waals surface area contributed by atoms with Crippen LogP contribution in [0.15, 0.2) is 23.3 Å². The maximum Gasteiger partial charge on any atom is 0.427 e. The van der Waals surface area contributed by atoms with Gasteiger partial charge in [-0.15, -0.1) is 0 Å². The molecule has 0 heterocycles. The van der Waals surface area contributed by atoms with Crippen LogP contribution in [0, 0.1) is 0 Å². The Morgan fingerprint density at radius 1 is 1.47 bits per heavy atom. The van der Waals surface area contributed by atoms with Gasteiger partial charge in [0.05, 0.1) is 12.3 Å². The number of ether oxygens (including phenoxy) is 1. The van der Waals surface area contributed by atoms with Gasteiger partial charge in [-0.2, -0.15) is 5.10 Å². The van der Waals surface area contributed by atoms with Gasteiger partial charge in [0.15, 0.2) is 0 Å². The summed E-state index contributed by atoms with van der Waals surface area (Å²) in [7, 11) is 0. The summed E-state index contributed by atoms with van der Waals surface area (Å²) in [5.41, 5.74) is 3.46. The van der Waals surface area contributed by atoms with Crippen LogP contribution in [-0.2, 0) is 4.74 Å². The molecule has 4 nitrogen and oxygen atoms in total. The molecular formula is C11H12Cl2N2O2. The zero-order valence-electron chi connectivity index (χ0n) is 9.46. The van der Waals surface area contributed by atoms with Gasteiger partial charge in [0.1, 0.15) is 0 Å². The SMILES string of the molecule is CCOC(=O)N/N=C(\C)c1cc(Cl)ccc1Cl. The van der Waals surface area contributed by atoms with Crippen LogP contribution in [0.25, 0.3) is 0 Å². The van der Waals surface area contributed by atoms with Crippen LogP contribution in [0.2, 0.25) is 10.0 Å². The van der Waals surface area contributed by atoms with E-state index in [4.69, 9.17) is 23.2 Å². The third-order valence-corrected chi connectivity index (χ3v) is 2.47. The average molecular weight is 275 g/mol. The minimum atomic E-state index is -0.606. The second-order valence-electron chi connectivity index (χ2n) is 3.15. The zero-order valence-corrected chi connectivity index (χ0v) is 11.0. The minimum absolute atomic E-state index is 0.290. The van der Waals surface area contributed by atoms with Crippen LogP contribution in [0.5, 0.6) is 0 Å². The number of nitrogens with zero attached hydrogens (tertiary/aromatic N) is 1. The Bertz CT molecular complexity index is 447. The van der Waals surface area contributed by atoms with Crippen LogP contribution in [-0.4, -0.2) is 18.4 Å². The third-order valence-electron chi connectivity index (χ3n) is 1.91. The van der Waals surface area contributed by atoms with Crippen LogP contribution in [0.3, 0.4) is 0 Å². The molecule has 6 heteroatoms. The van der Waals surface area contributed by atoms with Crippen molar-refractivity contribution in [2.75, 3.05) is 6.61 Å². The highest BCUT2D eigenvalue weighted by Crippen LogP contribution is 2.21. The van der Waals surface area contributed by atoms with E-state index in [9.17, 15) is 4.79 Å². The van der Waals surface area contributed by atoms with Gasteiger partial charge in [-0.1, -0.05) is 23.2 Å². The summed E-state index contributed by atoms with van der Waals surface area (Å²) in [5.74, 6) is 0. The van der Waals surface area contributed by atoms with E-state index < -0.39 is 6.09 Å². The Morgan fingerprint density at radius 2 is 2.18 bits per heavy atom. The number of carbonyl (C=O) groups is 1. The summed E-state index contributed by atoms with van der Waals surface area (Å²) in [6.07, 6.45) is -0.606. The molecule has 0 saturated carbocycles. The molecule has 1 aromatic rings. The molecule has 0 saturated heterocycles. The summed E-state index contributed by atoms with van der Waals surface area (Å²) in [5, 5.41) is 4.93. The van der Waals surface area contributed by atoms with Crippen molar-refractivity contribution in [3.63, 3.8) is 0 Å². The van der Waals surface area contributed by atoms with Crippen LogP contribution < -0.4 is 5.43 Å². The molecule has 0 radical (unpaired) electrons. The molecule has 1 N–H and O–H groups in total. The standard InChI is InChI=1S/C11H12Cl2N2O2/c1-3-17-11(16)15-14-7(2)9-6-8(12)4-5-10(9)13/h4-6H,3H2,1-2H3,(H,15,16)/b14-7+. The van der Waals surface area contributed by atoms with Gasteiger partial charge in [-0.25, -0.2) is 10.2 Å². The van der Waals surface area contributed by atoms with Gasteiger partial charge in [-0.3, -0.25) is 0 Å². The van der Waals surface area contributed by atoms with E-state index in [2.05, 4.69) is 15.3 Å². The highest BCUT2D eigenvalue weighted by molar-refractivity contribution is 6.36. The number of hydrogen-bond donors (Lipinski definition) is 1. The number of hydrazone groups is 1. The predicted molar refractivity (Wildman–Crippen MR) is 68.8 cm³/mol. The summed E-state index contributed by atoms with van der Waals surface area (Å²) < 4.78 is 4.67. The molecule has 0 aromatic heterocycles. The van der Waals surface area contributed by atoms with Crippen molar-refractivity contribution in [2.24, 2.45) is 5.10 Å². The molecule has 0 aliphatic rings. The molecule has 0 atom stereocenters. The molecule has 0 aliphatic heterocycles. The molecular weight excluding hydrogens is 263 g/mol. The molecule has 0 aliphatic carbocycles. The first-order chi connectivity index (χ1) is 8.04. The van der Waals surface area contributed by atoms with E-state index in [0.717, 1.165) is 0 Å². The van der Waals surface area contributed by atoms with E-state index in [1.54, 1.807) is 32.0 Å². The van der Waals surface area contributed by atoms with Gasteiger partial charge >= 0.3 is 6.09 Å². The number of nitrogens with one attached hydrogen (secondary N) is 1. The molecule has 0 unspecified atom stereocenters. The van der Waals surface area contributed by atoms with Gasteiger partial charge in [-0.05, 0) is 32.0 Å². The smallest absolute Gasteiger partial charge is 0.427 e. The van der Waals surface area contributed by atoms with Crippen molar-refractivity contribution in [1.29, 1.82) is 0 Å². The molecule has 0 fully saturated rings. The Hall–Kier alpha value is -1.26. The summed E-state index contributed by atoms with van der Waals surface area (Å²) >= 11 is 11.8. The number of halogens is 2. The van der Waals surface area contributed by atoms with E-state index in [1.807, 2.05) is 0 Å². The summed E-state index contributed by atoms with van der Waals surface area (Å²) in [6.45, 7) is 3.71. The van der Waals surface area contributed by atoms with E-state index in [0.29, 0.717) is 27.9 Å². The lowest BCUT2D eigenvalue weighted by Crippen LogP contribution is -2.20. The van der Waals surface area contributed by atoms with Crippen LogP contribution in [0.4, 0.5) is 4.79 Å². The largest absolute Gasteiger partial charge is 0.449 e. The highest BCUT2D eigenvalue weighted by atomic mass is 35.5. The van der Waals surface area contributed by atoms with E-state index >= 15 is 0 Å². The number of benzene rings is 1. The van der Waals surface area contributed by atoms with Gasteiger partial charge in [0, 0.05) is 15.6 Å². The van der Waals surface area contributed by atoms with Crippen molar-refractivity contribution < 1.29 is 9.53 Å². The van der Waals surface area contributed by atoms with Gasteiger partial charge in [0.2, 0.25) is 0 Å². The summed E-state index contributed by atoms with van der Waals surface area (Å²) in [4.78, 5) is 11.0. The zero-order chi connectivity index (χ0) is 12.8. The quantitative estimate of drug-likeness (QED) is 0.678. The van der Waals surface area contributed by atoms with Crippen LogP contribution >= 0.6 is 23.2 Å². The first kappa shape index (κ1) is 13.8. The van der Waals surface area contributed by atoms with Crippen molar-refractivity contribution in [3.8, 4) is 0 Å². The fraction of sp³-hybridized carbons (Fsp3) is 0.273. The fourth-order valence-electron chi connectivity index (χ4n) is 1.13. The first-order valence-electron chi connectivity index (χ1n) is 4.97. The Labute approximate surface area is 110 Å². The van der Waals surface area contributed by atoms with Crippen molar-refractivity contribution in [2.45, 2.75) is 13.8 Å². The molecule has 1 rings (SSSR count). The second kappa shape index (κ2) is 6.47. The minimum Gasteiger partial charge on any atom is -0.449 e. The van der Waals surface area contributed by atoms with Crippen molar-refractivity contribution in [3.05, 3.63) is 33.8 Å². The lowest BCUT2D eigenvalue weighted by molar-refractivity contribution is 0.152. The third kappa shape index (κ3) is 4.24. The van der Waals surface area contributed by atoms with Crippen LogP contribution in [0.1, 0.15) is 19.4 Å². The summed E-state index contributed by atoms with van der Waals surface area (Å²) in [6, 6.07) is 5.03. The molecule has 92 valence electrons. The van der Waals surface area contributed by atoms with Crippen molar-refractivity contribution in [1.82, 2.24) is 5.43 Å². The molecule has 17 heavy (non-hydrogen) atoms. The molecule has 1 amide bonds. The van der Waals surface area contributed by atoms with E-state index in [-0.39, 0.29) is 0 Å². The molecule has 0 bridgehead atoms. The number of carbonyl (C=O) groups excluding carboxylic acids is 1. The Balaban J connectivity index is 2.81. The Morgan fingerprint density at radius 3 is 2.82 bits per heavy atom. The fourth-order valence-corrected chi connectivity index (χ4v) is 1.55. The lowest BCUT2D eigenvalue weighted by atomic mass is 10.1. The normalized spacial score (nSPS) is 11.2. The second-order valence-corrected chi connectivity index (χ2v) is 4.00. The van der Waals surface area contributed by atoms with Crippen molar-refractivity contribution >= 4 is 35.0 Å². The Kier molecular flexibility index (Phi) is 5.25.